The Hall–Kier alpha value is -1.71. The van der Waals surface area contributed by atoms with Crippen molar-refractivity contribution in [2.45, 2.75) is 18.4 Å². The van der Waals surface area contributed by atoms with Crippen molar-refractivity contribution in [2.24, 2.45) is 0 Å². The third-order valence-electron chi connectivity index (χ3n) is 4.18. The smallest absolute Gasteiger partial charge is 0.142 e. The number of hydrogen-bond donors (Lipinski definition) is 1. The van der Waals surface area contributed by atoms with Gasteiger partial charge in [-0.15, -0.1) is 12.4 Å². The molecule has 1 fully saturated rings. The Balaban J connectivity index is 0.00000176. The summed E-state index contributed by atoms with van der Waals surface area (Å²) in [6, 6.07) is 18.4. The van der Waals surface area contributed by atoms with Crippen molar-refractivity contribution in [1.29, 1.82) is 0 Å². The highest BCUT2D eigenvalue weighted by Crippen LogP contribution is 2.32. The molecule has 0 spiro atoms. The molecule has 118 valence electrons. The van der Waals surface area contributed by atoms with Gasteiger partial charge in [-0.25, -0.2) is 0 Å². The Morgan fingerprint density at radius 2 is 1.73 bits per heavy atom. The molecule has 0 radical (unpaired) electrons. The van der Waals surface area contributed by atoms with Crippen LogP contribution in [0.4, 0.5) is 5.69 Å². The molecule has 2 N–H and O–H groups in total. The lowest BCUT2D eigenvalue weighted by molar-refractivity contribution is 0.0908. The van der Waals surface area contributed by atoms with E-state index in [1.54, 1.807) is 0 Å². The minimum atomic E-state index is 0. The summed E-state index contributed by atoms with van der Waals surface area (Å²) in [6.07, 6.45) is 1.19. The predicted molar refractivity (Wildman–Crippen MR) is 93.8 cm³/mol. The molecule has 0 amide bonds. The number of benzene rings is 2. The van der Waals surface area contributed by atoms with E-state index in [9.17, 15) is 0 Å². The molecular weight excluding hydrogens is 296 g/mol. The molecule has 3 rings (SSSR count). The summed E-state index contributed by atoms with van der Waals surface area (Å²) in [6.45, 7) is 2.07. The van der Waals surface area contributed by atoms with Gasteiger partial charge in [-0.3, -0.25) is 0 Å². The van der Waals surface area contributed by atoms with Crippen LogP contribution in [0.3, 0.4) is 0 Å². The van der Waals surface area contributed by atoms with Crippen molar-refractivity contribution < 1.29 is 4.74 Å². The van der Waals surface area contributed by atoms with Gasteiger partial charge in [0.25, 0.3) is 0 Å². The van der Waals surface area contributed by atoms with Crippen LogP contribution in [0, 0.1) is 0 Å². The van der Waals surface area contributed by atoms with Gasteiger partial charge in [0.15, 0.2) is 0 Å². The first kappa shape index (κ1) is 16.7. The van der Waals surface area contributed by atoms with Crippen molar-refractivity contribution in [2.75, 3.05) is 25.9 Å². The summed E-state index contributed by atoms with van der Waals surface area (Å²) in [4.78, 5) is 2.37. The van der Waals surface area contributed by atoms with Gasteiger partial charge in [-0.1, -0.05) is 42.5 Å². The summed E-state index contributed by atoms with van der Waals surface area (Å²) in [5.74, 6) is 1.18. The topological polar surface area (TPSA) is 38.5 Å². The number of likely N-dealkylation sites (N-methyl/N-ethyl adjacent to an activating group) is 1. The maximum absolute atomic E-state index is 6.25. The van der Waals surface area contributed by atoms with Crippen LogP contribution in [-0.2, 0) is 0 Å². The first-order chi connectivity index (χ1) is 10.2. The summed E-state index contributed by atoms with van der Waals surface area (Å²) < 4.78 is 6.25. The van der Waals surface area contributed by atoms with E-state index in [0.717, 1.165) is 25.3 Å². The van der Waals surface area contributed by atoms with Crippen LogP contribution in [0.2, 0.25) is 0 Å². The summed E-state index contributed by atoms with van der Waals surface area (Å²) >= 11 is 0. The van der Waals surface area contributed by atoms with E-state index in [2.05, 4.69) is 42.3 Å². The number of rotatable bonds is 3. The highest BCUT2D eigenvalue weighted by Gasteiger charge is 2.30. The van der Waals surface area contributed by atoms with E-state index in [-0.39, 0.29) is 18.5 Å². The quantitative estimate of drug-likeness (QED) is 0.879. The number of nitrogens with zero attached hydrogens (tertiary/aromatic N) is 1. The van der Waals surface area contributed by atoms with E-state index >= 15 is 0 Å². The molecule has 2 unspecified atom stereocenters. The molecule has 1 aliphatic heterocycles. The number of likely N-dealkylation sites (tertiary alicyclic amines) is 1. The number of piperidine rings is 1. The zero-order valence-electron chi connectivity index (χ0n) is 12.8. The third-order valence-corrected chi connectivity index (χ3v) is 4.18. The van der Waals surface area contributed by atoms with Crippen LogP contribution in [-0.4, -0.2) is 31.1 Å². The zero-order chi connectivity index (χ0) is 14.7. The average molecular weight is 319 g/mol. The van der Waals surface area contributed by atoms with Gasteiger partial charge in [0.1, 0.15) is 11.9 Å². The molecule has 0 aliphatic carbocycles. The fraction of sp³-hybridized carbons (Fsp3) is 0.333. The first-order valence-corrected chi connectivity index (χ1v) is 7.48. The molecule has 0 bridgehead atoms. The molecule has 0 saturated carbocycles. The molecule has 3 nitrogen and oxygen atoms in total. The van der Waals surface area contributed by atoms with Gasteiger partial charge >= 0.3 is 0 Å². The molecule has 1 aliphatic rings. The first-order valence-electron chi connectivity index (χ1n) is 7.48. The normalized spacial score (nSPS) is 21.9. The van der Waals surface area contributed by atoms with Gasteiger partial charge in [0.05, 0.1) is 5.69 Å². The summed E-state index contributed by atoms with van der Waals surface area (Å²) in [5.41, 5.74) is 8.06. The molecule has 0 aromatic heterocycles. The standard InChI is InChI=1S/C18H22N2O.ClH/c1-20-12-11-17(21-18-10-6-5-9-16(18)19)15(13-20)14-7-3-2-4-8-14;/h2-10,15,17H,11-13,19H2,1H3;1H. The van der Waals surface area contributed by atoms with E-state index in [4.69, 9.17) is 10.5 Å². The second kappa shape index (κ2) is 7.52. The van der Waals surface area contributed by atoms with E-state index < -0.39 is 0 Å². The van der Waals surface area contributed by atoms with Crippen LogP contribution in [0.5, 0.6) is 5.75 Å². The Morgan fingerprint density at radius 3 is 2.45 bits per heavy atom. The van der Waals surface area contributed by atoms with Gasteiger partial charge < -0.3 is 15.4 Å². The molecular formula is C18H23ClN2O. The van der Waals surface area contributed by atoms with Crippen LogP contribution in [0.15, 0.2) is 54.6 Å². The minimum Gasteiger partial charge on any atom is -0.488 e. The third kappa shape index (κ3) is 3.73. The molecule has 2 atom stereocenters. The Morgan fingerprint density at radius 1 is 1.05 bits per heavy atom. The predicted octanol–water partition coefficient (Wildman–Crippen LogP) is 3.56. The van der Waals surface area contributed by atoms with Crippen molar-refractivity contribution in [3.8, 4) is 5.75 Å². The fourth-order valence-corrected chi connectivity index (χ4v) is 3.01. The maximum atomic E-state index is 6.25. The van der Waals surface area contributed by atoms with Gasteiger partial charge in [-0.05, 0) is 31.2 Å². The molecule has 2 aromatic carbocycles. The lowest BCUT2D eigenvalue weighted by Gasteiger charge is -2.37. The van der Waals surface area contributed by atoms with Crippen molar-refractivity contribution in [3.63, 3.8) is 0 Å². The lowest BCUT2D eigenvalue weighted by atomic mass is 9.88. The van der Waals surface area contributed by atoms with Crippen LogP contribution in [0.25, 0.3) is 0 Å². The fourth-order valence-electron chi connectivity index (χ4n) is 3.01. The van der Waals surface area contributed by atoms with Crippen LogP contribution < -0.4 is 10.5 Å². The van der Waals surface area contributed by atoms with Crippen molar-refractivity contribution in [1.82, 2.24) is 4.90 Å². The Kier molecular flexibility index (Phi) is 5.69. The average Bonchev–Trinajstić information content (AvgIpc) is 2.52. The van der Waals surface area contributed by atoms with Crippen molar-refractivity contribution >= 4 is 18.1 Å². The monoisotopic (exact) mass is 318 g/mol. The van der Waals surface area contributed by atoms with Gasteiger partial charge in [0, 0.05) is 19.0 Å². The SMILES string of the molecule is CN1CCC(Oc2ccccc2N)C(c2ccccc2)C1.Cl. The number of nitrogens with two attached hydrogens (primary N) is 1. The number of ether oxygens (including phenoxy) is 1. The molecule has 1 heterocycles. The number of nitrogen functional groups attached to an aromatic ring is 1. The Bertz CT molecular complexity index is 591. The van der Waals surface area contributed by atoms with Crippen molar-refractivity contribution in [3.05, 3.63) is 60.2 Å². The number of para-hydroxylation sites is 2. The van der Waals surface area contributed by atoms with E-state index in [1.807, 2.05) is 24.3 Å². The highest BCUT2D eigenvalue weighted by molar-refractivity contribution is 5.85. The second-order valence-electron chi connectivity index (χ2n) is 5.76. The number of hydrogen-bond acceptors (Lipinski definition) is 3. The van der Waals surface area contributed by atoms with Crippen LogP contribution in [0.1, 0.15) is 17.9 Å². The second-order valence-corrected chi connectivity index (χ2v) is 5.76. The van der Waals surface area contributed by atoms with E-state index in [1.165, 1.54) is 5.56 Å². The molecule has 1 saturated heterocycles. The lowest BCUT2D eigenvalue weighted by Crippen LogP contribution is -2.42. The summed E-state index contributed by atoms with van der Waals surface area (Å²) in [5, 5.41) is 0. The van der Waals surface area contributed by atoms with Gasteiger partial charge in [-0.2, -0.15) is 0 Å². The number of halogens is 1. The number of anilines is 1. The molecule has 22 heavy (non-hydrogen) atoms. The highest BCUT2D eigenvalue weighted by atomic mass is 35.5. The van der Waals surface area contributed by atoms with E-state index in [0.29, 0.717) is 11.6 Å². The molecule has 4 heteroatoms. The summed E-state index contributed by atoms with van der Waals surface area (Å²) in [7, 11) is 2.17. The Labute approximate surface area is 138 Å². The van der Waals surface area contributed by atoms with Gasteiger partial charge in [0.2, 0.25) is 0 Å². The molecule has 2 aromatic rings. The minimum absolute atomic E-state index is 0. The zero-order valence-corrected chi connectivity index (χ0v) is 13.6. The maximum Gasteiger partial charge on any atom is 0.142 e. The largest absolute Gasteiger partial charge is 0.488 e. The van der Waals surface area contributed by atoms with Crippen LogP contribution >= 0.6 is 12.4 Å².